The fraction of sp³-hybridized carbons (Fsp3) is 0.423. The summed E-state index contributed by atoms with van der Waals surface area (Å²) in [7, 11) is 0. The lowest BCUT2D eigenvalue weighted by molar-refractivity contribution is 0.130. The van der Waals surface area contributed by atoms with Crippen molar-refractivity contribution in [2.75, 3.05) is 19.9 Å². The summed E-state index contributed by atoms with van der Waals surface area (Å²) in [5, 5.41) is 6.04. The fourth-order valence-electron chi connectivity index (χ4n) is 5.73. The minimum absolute atomic E-state index is 0. The van der Waals surface area contributed by atoms with E-state index < -0.39 is 0 Å². The molecular formula is C26H32ClN3O3. The van der Waals surface area contributed by atoms with Crippen molar-refractivity contribution in [2.24, 2.45) is 0 Å². The van der Waals surface area contributed by atoms with Crippen LogP contribution in [0, 0.1) is 0 Å². The highest BCUT2D eigenvalue weighted by Crippen LogP contribution is 2.51. The van der Waals surface area contributed by atoms with Gasteiger partial charge in [0, 0.05) is 30.6 Å². The molecule has 2 aromatic carbocycles. The molecule has 6 nitrogen and oxygen atoms in total. The predicted molar refractivity (Wildman–Crippen MR) is 131 cm³/mol. The van der Waals surface area contributed by atoms with Crippen molar-refractivity contribution in [1.82, 2.24) is 15.5 Å². The molecule has 2 aliphatic heterocycles. The van der Waals surface area contributed by atoms with Gasteiger partial charge in [0.05, 0.1) is 0 Å². The number of hydrogen-bond donors (Lipinski definition) is 2. The van der Waals surface area contributed by atoms with Gasteiger partial charge in [0.15, 0.2) is 11.5 Å². The van der Waals surface area contributed by atoms with Gasteiger partial charge >= 0.3 is 6.03 Å². The van der Waals surface area contributed by atoms with Crippen LogP contribution in [0.15, 0.2) is 61.2 Å². The maximum absolute atomic E-state index is 12.3. The Kier molecular flexibility index (Phi) is 7.15. The molecule has 33 heavy (non-hydrogen) atoms. The summed E-state index contributed by atoms with van der Waals surface area (Å²) in [6.45, 7) is 6.41. The molecule has 3 atom stereocenters. The molecule has 5 rings (SSSR count). The Balaban J connectivity index is 0.00000259. The second kappa shape index (κ2) is 10.1. The number of ether oxygens (including phenoxy) is 2. The number of urea groups is 1. The zero-order chi connectivity index (χ0) is 22.0. The van der Waals surface area contributed by atoms with Crippen LogP contribution in [0.3, 0.4) is 0 Å². The Labute approximate surface area is 201 Å². The van der Waals surface area contributed by atoms with Crippen LogP contribution in [-0.4, -0.2) is 42.9 Å². The van der Waals surface area contributed by atoms with E-state index in [4.69, 9.17) is 9.47 Å². The maximum atomic E-state index is 12.3. The Morgan fingerprint density at radius 2 is 1.97 bits per heavy atom. The number of hydrogen-bond acceptors (Lipinski definition) is 4. The average Bonchev–Trinajstić information content (AvgIpc) is 3.43. The van der Waals surface area contributed by atoms with Gasteiger partial charge in [-0.1, -0.05) is 42.5 Å². The largest absolute Gasteiger partial charge is 0.454 e. The van der Waals surface area contributed by atoms with Crippen molar-refractivity contribution >= 4 is 18.4 Å². The van der Waals surface area contributed by atoms with E-state index in [1.165, 1.54) is 11.1 Å². The summed E-state index contributed by atoms with van der Waals surface area (Å²) in [6, 6.07) is 17.5. The summed E-state index contributed by atoms with van der Waals surface area (Å²) >= 11 is 0. The first kappa shape index (κ1) is 23.5. The molecule has 2 N–H and O–H groups in total. The molecule has 0 radical (unpaired) electrons. The van der Waals surface area contributed by atoms with Crippen molar-refractivity contribution in [3.8, 4) is 11.5 Å². The van der Waals surface area contributed by atoms with Crippen molar-refractivity contribution in [3.63, 3.8) is 0 Å². The van der Waals surface area contributed by atoms with Crippen molar-refractivity contribution in [1.29, 1.82) is 0 Å². The van der Waals surface area contributed by atoms with E-state index in [-0.39, 0.29) is 29.9 Å². The predicted octanol–water partition coefficient (Wildman–Crippen LogP) is 4.39. The van der Waals surface area contributed by atoms with Crippen LogP contribution in [0.1, 0.15) is 36.8 Å². The Morgan fingerprint density at radius 1 is 1.15 bits per heavy atom. The number of benzene rings is 2. The molecule has 1 saturated heterocycles. The van der Waals surface area contributed by atoms with Crippen LogP contribution in [0.2, 0.25) is 0 Å². The van der Waals surface area contributed by atoms with Crippen molar-refractivity contribution in [2.45, 2.75) is 49.7 Å². The van der Waals surface area contributed by atoms with E-state index in [2.05, 4.69) is 70.6 Å². The Morgan fingerprint density at radius 3 is 2.79 bits per heavy atom. The van der Waals surface area contributed by atoms with Gasteiger partial charge in [-0.15, -0.1) is 19.0 Å². The highest BCUT2D eigenvalue weighted by molar-refractivity contribution is 5.85. The van der Waals surface area contributed by atoms with E-state index in [1.807, 2.05) is 0 Å². The first-order chi connectivity index (χ1) is 15.7. The van der Waals surface area contributed by atoms with Crippen LogP contribution in [0.25, 0.3) is 0 Å². The molecule has 7 heteroatoms. The monoisotopic (exact) mass is 469 g/mol. The van der Waals surface area contributed by atoms with Crippen molar-refractivity contribution < 1.29 is 14.3 Å². The van der Waals surface area contributed by atoms with Crippen molar-refractivity contribution in [3.05, 3.63) is 72.3 Å². The number of nitrogens with zero attached hydrogens (tertiary/aromatic N) is 1. The third kappa shape index (κ3) is 4.68. The SMILES string of the molecule is C=CCNC(=O)N[C@H]1CC[C@@]2(c3ccc4c(c3)OCO4)CCN(Cc3ccccc3)[C@H]2C1.Cl. The number of nitrogens with one attached hydrogen (secondary N) is 2. The number of amides is 2. The quantitative estimate of drug-likeness (QED) is 0.616. The van der Waals surface area contributed by atoms with Gasteiger partial charge < -0.3 is 20.1 Å². The third-order valence-electron chi connectivity index (χ3n) is 7.29. The normalized spacial score (nSPS) is 25.6. The molecular weight excluding hydrogens is 438 g/mol. The third-order valence-corrected chi connectivity index (χ3v) is 7.29. The number of rotatable bonds is 6. The van der Waals surface area contributed by atoms with Crippen LogP contribution in [-0.2, 0) is 12.0 Å². The molecule has 2 aromatic rings. The number of carbonyl (C=O) groups is 1. The van der Waals surface area contributed by atoms with E-state index in [9.17, 15) is 4.79 Å². The summed E-state index contributed by atoms with van der Waals surface area (Å²) in [4.78, 5) is 14.9. The van der Waals surface area contributed by atoms with Crippen LogP contribution in [0.4, 0.5) is 4.79 Å². The maximum Gasteiger partial charge on any atom is 0.315 e. The summed E-state index contributed by atoms with van der Waals surface area (Å²) in [6.07, 6.45) is 5.74. The van der Waals surface area contributed by atoms with E-state index in [1.54, 1.807) is 6.08 Å². The molecule has 1 saturated carbocycles. The molecule has 2 fully saturated rings. The van der Waals surface area contributed by atoms with Gasteiger partial charge in [-0.05, 0) is 55.5 Å². The van der Waals surface area contributed by atoms with E-state index >= 15 is 0 Å². The Bertz CT molecular complexity index is 986. The summed E-state index contributed by atoms with van der Waals surface area (Å²) < 4.78 is 11.2. The highest BCUT2D eigenvalue weighted by atomic mass is 35.5. The number of halogens is 1. The lowest BCUT2D eigenvalue weighted by atomic mass is 9.65. The fourth-order valence-corrected chi connectivity index (χ4v) is 5.73. The lowest BCUT2D eigenvalue weighted by Crippen LogP contribution is -2.53. The van der Waals surface area contributed by atoms with Gasteiger partial charge in [-0.3, -0.25) is 4.90 Å². The summed E-state index contributed by atoms with van der Waals surface area (Å²) in [5.41, 5.74) is 2.72. The molecule has 1 aliphatic carbocycles. The second-order valence-electron chi connectivity index (χ2n) is 9.06. The molecule has 2 amide bonds. The summed E-state index contributed by atoms with van der Waals surface area (Å²) in [5.74, 6) is 1.68. The molecule has 0 unspecified atom stereocenters. The van der Waals surface area contributed by atoms with Crippen LogP contribution < -0.4 is 20.1 Å². The molecule has 0 bridgehead atoms. The topological polar surface area (TPSA) is 62.8 Å². The molecule has 3 aliphatic rings. The van der Waals surface area contributed by atoms with Gasteiger partial charge in [0.2, 0.25) is 6.79 Å². The van der Waals surface area contributed by atoms with Gasteiger partial charge in [-0.25, -0.2) is 4.79 Å². The second-order valence-corrected chi connectivity index (χ2v) is 9.06. The molecule has 0 aromatic heterocycles. The first-order valence-corrected chi connectivity index (χ1v) is 11.5. The zero-order valence-corrected chi connectivity index (χ0v) is 19.6. The highest BCUT2D eigenvalue weighted by Gasteiger charge is 2.51. The van der Waals surface area contributed by atoms with Crippen LogP contribution in [0.5, 0.6) is 11.5 Å². The zero-order valence-electron chi connectivity index (χ0n) is 18.8. The van der Waals surface area contributed by atoms with E-state index in [0.717, 1.165) is 50.3 Å². The molecule has 0 spiro atoms. The average molecular weight is 470 g/mol. The number of likely N-dealkylation sites (tertiary alicyclic amines) is 1. The number of fused-ring (bicyclic) bond motifs is 2. The minimum Gasteiger partial charge on any atom is -0.454 e. The van der Waals surface area contributed by atoms with E-state index in [0.29, 0.717) is 19.4 Å². The minimum atomic E-state index is -0.113. The number of carbonyl (C=O) groups excluding carboxylic acids is 1. The van der Waals surface area contributed by atoms with Gasteiger partial charge in [-0.2, -0.15) is 0 Å². The first-order valence-electron chi connectivity index (χ1n) is 11.5. The smallest absolute Gasteiger partial charge is 0.315 e. The van der Waals surface area contributed by atoms with Crippen LogP contribution >= 0.6 is 12.4 Å². The van der Waals surface area contributed by atoms with Gasteiger partial charge in [0.1, 0.15) is 0 Å². The molecule has 176 valence electrons. The van der Waals surface area contributed by atoms with Gasteiger partial charge in [0.25, 0.3) is 0 Å². The lowest BCUT2D eigenvalue weighted by Gasteiger charge is -2.45. The standard InChI is InChI=1S/C26H31N3O3.ClH/c1-2-13-27-25(30)28-21-10-11-26(20-8-9-22-23(15-20)32-18-31-22)12-14-29(24(26)16-21)17-19-6-4-3-5-7-19;/h2-9,15,21,24H,1,10-14,16-18H2,(H2,27,28,30);1H/t21-,24-,26-;/m0./s1. The Hall–Kier alpha value is -2.70. The molecule has 2 heterocycles.